The average molecular weight is 180 g/mol. The van der Waals surface area contributed by atoms with Crippen LogP contribution in [0.5, 0.6) is 5.75 Å². The first-order chi connectivity index (χ1) is 5.66. The second kappa shape index (κ2) is 2.28. The van der Waals surface area contributed by atoms with Crippen molar-refractivity contribution in [1.82, 2.24) is 0 Å². The van der Waals surface area contributed by atoms with E-state index < -0.39 is 0 Å². The van der Waals surface area contributed by atoms with Gasteiger partial charge in [-0.25, -0.2) is 0 Å². The Hall–Kier alpha value is -1.42. The van der Waals surface area contributed by atoms with Gasteiger partial charge in [-0.15, -0.1) is 11.3 Å². The Kier molecular flexibility index (Phi) is 1.38. The molecule has 3 nitrogen and oxygen atoms in total. The number of benzene rings is 1. The molecule has 0 bridgehead atoms. The minimum Gasteiger partial charge on any atom is -0.506 e. The summed E-state index contributed by atoms with van der Waals surface area (Å²) in [7, 11) is 0. The fourth-order valence-electron chi connectivity index (χ4n) is 1.11. The highest BCUT2D eigenvalue weighted by Gasteiger charge is 2.02. The van der Waals surface area contributed by atoms with Crippen molar-refractivity contribution in [1.29, 1.82) is 0 Å². The van der Waals surface area contributed by atoms with Crippen LogP contribution < -0.4 is 11.5 Å². The summed E-state index contributed by atoms with van der Waals surface area (Å²) in [5.41, 5.74) is 11.5. The van der Waals surface area contributed by atoms with Crippen molar-refractivity contribution in [3.05, 3.63) is 18.2 Å². The first-order valence-electron chi connectivity index (χ1n) is 3.44. The number of hydrogen-bond acceptors (Lipinski definition) is 4. The van der Waals surface area contributed by atoms with Crippen LogP contribution in [-0.4, -0.2) is 5.11 Å². The van der Waals surface area contributed by atoms with Gasteiger partial charge in [0.05, 0.1) is 10.7 Å². The van der Waals surface area contributed by atoms with Crippen LogP contribution in [0.4, 0.5) is 10.7 Å². The van der Waals surface area contributed by atoms with Gasteiger partial charge in [-0.05, 0) is 23.6 Å². The second-order valence-corrected chi connectivity index (χ2v) is 3.71. The van der Waals surface area contributed by atoms with E-state index in [-0.39, 0.29) is 5.75 Å². The summed E-state index contributed by atoms with van der Waals surface area (Å²) in [5.74, 6) is 0.115. The largest absolute Gasteiger partial charge is 0.506 e. The third-order valence-electron chi connectivity index (χ3n) is 1.68. The summed E-state index contributed by atoms with van der Waals surface area (Å²) in [6.45, 7) is 0. The highest BCUT2D eigenvalue weighted by Crippen LogP contribution is 2.33. The maximum absolute atomic E-state index is 9.27. The van der Waals surface area contributed by atoms with Crippen LogP contribution in [0.25, 0.3) is 10.1 Å². The predicted octanol–water partition coefficient (Wildman–Crippen LogP) is 1.77. The Morgan fingerprint density at radius 1 is 1.17 bits per heavy atom. The third-order valence-corrected chi connectivity index (χ3v) is 2.61. The van der Waals surface area contributed by atoms with Crippen molar-refractivity contribution < 1.29 is 5.11 Å². The molecule has 0 saturated carbocycles. The molecule has 1 heterocycles. The Morgan fingerprint density at radius 2 is 1.92 bits per heavy atom. The lowest BCUT2D eigenvalue weighted by Gasteiger charge is -1.96. The van der Waals surface area contributed by atoms with Crippen molar-refractivity contribution >= 4 is 32.1 Å². The molecule has 0 unspecified atom stereocenters. The second-order valence-electron chi connectivity index (χ2n) is 2.60. The number of anilines is 2. The summed E-state index contributed by atoms with van der Waals surface area (Å²) >= 11 is 1.44. The molecule has 0 aliphatic carbocycles. The maximum atomic E-state index is 9.27. The topological polar surface area (TPSA) is 72.3 Å². The lowest BCUT2D eigenvalue weighted by atomic mass is 10.2. The molecule has 0 saturated heterocycles. The number of thiophene rings is 1. The molecular formula is C8H8N2OS. The zero-order valence-electron chi connectivity index (χ0n) is 6.24. The van der Waals surface area contributed by atoms with E-state index in [1.54, 1.807) is 12.1 Å². The van der Waals surface area contributed by atoms with E-state index in [0.717, 1.165) is 15.1 Å². The zero-order chi connectivity index (χ0) is 8.72. The predicted molar refractivity (Wildman–Crippen MR) is 52.3 cm³/mol. The van der Waals surface area contributed by atoms with Gasteiger partial charge in [-0.1, -0.05) is 0 Å². The van der Waals surface area contributed by atoms with E-state index in [1.807, 2.05) is 6.07 Å². The summed E-state index contributed by atoms with van der Waals surface area (Å²) in [4.78, 5) is 0. The molecule has 4 heteroatoms. The summed E-state index contributed by atoms with van der Waals surface area (Å²) in [5, 5.41) is 11.0. The molecule has 62 valence electrons. The van der Waals surface area contributed by atoms with Gasteiger partial charge in [0.2, 0.25) is 0 Å². The lowest BCUT2D eigenvalue weighted by Crippen LogP contribution is -1.83. The minimum absolute atomic E-state index is 0.115. The van der Waals surface area contributed by atoms with Gasteiger partial charge in [0.15, 0.2) is 0 Å². The van der Waals surface area contributed by atoms with E-state index in [4.69, 9.17) is 11.5 Å². The van der Waals surface area contributed by atoms with Crippen molar-refractivity contribution in [3.8, 4) is 5.75 Å². The standard InChI is InChI=1S/C8H8N2OS/c9-5-1-4-2-8(10)12-7(4)3-6(5)11/h1-3,11H,9-10H2. The molecule has 0 aliphatic heterocycles. The van der Waals surface area contributed by atoms with Gasteiger partial charge in [0, 0.05) is 4.70 Å². The highest BCUT2D eigenvalue weighted by atomic mass is 32.1. The van der Waals surface area contributed by atoms with Gasteiger partial charge in [-0.2, -0.15) is 0 Å². The molecule has 2 rings (SSSR count). The maximum Gasteiger partial charge on any atom is 0.139 e. The number of phenolic OH excluding ortho intramolecular Hbond substituents is 1. The van der Waals surface area contributed by atoms with Crippen molar-refractivity contribution in [2.45, 2.75) is 0 Å². The molecule has 0 fully saturated rings. The average Bonchev–Trinajstić information content (AvgIpc) is 2.30. The Morgan fingerprint density at radius 3 is 2.67 bits per heavy atom. The first kappa shape index (κ1) is 7.24. The quantitative estimate of drug-likeness (QED) is 0.427. The monoisotopic (exact) mass is 180 g/mol. The van der Waals surface area contributed by atoms with E-state index in [2.05, 4.69) is 0 Å². The molecule has 2 aromatic rings. The van der Waals surface area contributed by atoms with Gasteiger partial charge in [0.1, 0.15) is 5.75 Å². The molecule has 0 atom stereocenters. The Bertz CT molecular complexity index is 397. The zero-order valence-corrected chi connectivity index (χ0v) is 7.06. The number of aromatic hydroxyl groups is 1. The SMILES string of the molecule is Nc1cc2cc(N)c(O)cc2s1. The van der Waals surface area contributed by atoms with Gasteiger partial charge < -0.3 is 16.6 Å². The first-order valence-corrected chi connectivity index (χ1v) is 4.26. The number of hydrogen-bond donors (Lipinski definition) is 3. The molecule has 12 heavy (non-hydrogen) atoms. The summed E-state index contributed by atoms with van der Waals surface area (Å²) < 4.78 is 0.958. The molecular weight excluding hydrogens is 172 g/mol. The molecule has 0 amide bonds. The van der Waals surface area contributed by atoms with Gasteiger partial charge in [0.25, 0.3) is 0 Å². The van der Waals surface area contributed by atoms with Gasteiger partial charge >= 0.3 is 0 Å². The molecule has 1 aromatic heterocycles. The molecule has 0 aliphatic rings. The van der Waals surface area contributed by atoms with E-state index in [0.29, 0.717) is 5.69 Å². The van der Waals surface area contributed by atoms with Crippen molar-refractivity contribution in [3.63, 3.8) is 0 Å². The molecule has 0 spiro atoms. The van der Waals surface area contributed by atoms with Crippen molar-refractivity contribution in [2.75, 3.05) is 11.5 Å². The normalized spacial score (nSPS) is 10.7. The molecule has 1 aromatic carbocycles. The van der Waals surface area contributed by atoms with Crippen LogP contribution >= 0.6 is 11.3 Å². The van der Waals surface area contributed by atoms with E-state index >= 15 is 0 Å². The number of nitrogens with two attached hydrogens (primary N) is 2. The van der Waals surface area contributed by atoms with Crippen LogP contribution in [0.15, 0.2) is 18.2 Å². The van der Waals surface area contributed by atoms with Crippen LogP contribution in [0, 0.1) is 0 Å². The summed E-state index contributed by atoms with van der Waals surface area (Å²) in [6, 6.07) is 5.19. The van der Waals surface area contributed by atoms with E-state index in [1.165, 1.54) is 11.3 Å². The van der Waals surface area contributed by atoms with Gasteiger partial charge in [-0.3, -0.25) is 0 Å². The minimum atomic E-state index is 0.115. The Balaban J connectivity index is 2.83. The third kappa shape index (κ3) is 0.967. The molecule has 0 radical (unpaired) electrons. The smallest absolute Gasteiger partial charge is 0.139 e. The van der Waals surface area contributed by atoms with Crippen LogP contribution in [0.2, 0.25) is 0 Å². The Labute approximate surface area is 73.2 Å². The lowest BCUT2D eigenvalue weighted by molar-refractivity contribution is 0.479. The number of phenols is 1. The fraction of sp³-hybridized carbons (Fsp3) is 0. The molecule has 5 N–H and O–H groups in total. The van der Waals surface area contributed by atoms with E-state index in [9.17, 15) is 5.11 Å². The number of rotatable bonds is 0. The fourth-order valence-corrected chi connectivity index (χ4v) is 1.96. The number of nitrogen functional groups attached to an aromatic ring is 2. The summed E-state index contributed by atoms with van der Waals surface area (Å²) in [6.07, 6.45) is 0. The van der Waals surface area contributed by atoms with Crippen molar-refractivity contribution in [2.24, 2.45) is 0 Å². The van der Waals surface area contributed by atoms with Crippen LogP contribution in [0.3, 0.4) is 0 Å². The van der Waals surface area contributed by atoms with Crippen LogP contribution in [0.1, 0.15) is 0 Å². The van der Waals surface area contributed by atoms with Crippen LogP contribution in [-0.2, 0) is 0 Å². The number of fused-ring (bicyclic) bond motifs is 1. The highest BCUT2D eigenvalue weighted by molar-refractivity contribution is 7.22.